The summed E-state index contributed by atoms with van der Waals surface area (Å²) in [5.74, 6) is -1.21. The van der Waals surface area contributed by atoms with Crippen LogP contribution in [-0.2, 0) is 0 Å². The highest BCUT2D eigenvalue weighted by atomic mass is 16.1. The number of ketones is 1. The Hall–Kier alpha value is -3.07. The van der Waals surface area contributed by atoms with Gasteiger partial charge in [0.2, 0.25) is 0 Å². The van der Waals surface area contributed by atoms with Crippen LogP contribution in [0.5, 0.6) is 0 Å². The van der Waals surface area contributed by atoms with Gasteiger partial charge in [-0.25, -0.2) is 9.67 Å². The summed E-state index contributed by atoms with van der Waals surface area (Å²) >= 11 is 0. The van der Waals surface area contributed by atoms with E-state index in [1.807, 2.05) is 4.68 Å². The van der Waals surface area contributed by atoms with E-state index in [4.69, 9.17) is 0 Å². The van der Waals surface area contributed by atoms with Gasteiger partial charge in [0.1, 0.15) is 0 Å². The van der Waals surface area contributed by atoms with Gasteiger partial charge in [-0.05, 0) is 31.0 Å². The largest absolute Gasteiger partial charge is 0.292 e. The van der Waals surface area contributed by atoms with Gasteiger partial charge in [0.05, 0.1) is 24.0 Å². The minimum absolute atomic E-state index is 0.288. The van der Waals surface area contributed by atoms with Crippen LogP contribution in [0.15, 0.2) is 42.9 Å². The Morgan fingerprint density at radius 3 is 2.80 bits per heavy atom. The summed E-state index contributed by atoms with van der Waals surface area (Å²) in [6.07, 6.45) is 9.56. The second kappa shape index (κ2) is 6.44. The van der Waals surface area contributed by atoms with E-state index < -0.39 is 5.92 Å². The van der Waals surface area contributed by atoms with Crippen LogP contribution in [0, 0.1) is 11.3 Å². The molecule has 3 heterocycles. The van der Waals surface area contributed by atoms with Crippen molar-refractivity contribution in [1.82, 2.24) is 19.7 Å². The molecule has 1 aliphatic carbocycles. The molecule has 25 heavy (non-hydrogen) atoms. The highest BCUT2D eigenvalue weighted by molar-refractivity contribution is 6.04. The van der Waals surface area contributed by atoms with Gasteiger partial charge in [-0.1, -0.05) is 18.9 Å². The fourth-order valence-corrected chi connectivity index (χ4v) is 3.46. The first-order valence-electron chi connectivity index (χ1n) is 8.46. The maximum Gasteiger partial charge on any atom is 0.187 e. The first-order valence-corrected chi connectivity index (χ1v) is 8.46. The number of aromatic nitrogens is 4. The molecule has 0 saturated heterocycles. The number of hydrogen-bond acceptors (Lipinski definition) is 5. The van der Waals surface area contributed by atoms with Crippen LogP contribution in [0.1, 0.15) is 53.7 Å². The van der Waals surface area contributed by atoms with Gasteiger partial charge in [-0.3, -0.25) is 9.78 Å². The predicted octanol–water partition coefficient (Wildman–Crippen LogP) is 3.43. The molecule has 6 nitrogen and oxygen atoms in total. The lowest BCUT2D eigenvalue weighted by Crippen LogP contribution is -2.13. The van der Waals surface area contributed by atoms with Crippen LogP contribution in [0.2, 0.25) is 0 Å². The van der Waals surface area contributed by atoms with Crippen LogP contribution >= 0.6 is 0 Å². The number of Topliss-reactive ketones (excluding diaryl/α,β-unsaturated/α-hetero) is 1. The summed E-state index contributed by atoms with van der Waals surface area (Å²) in [4.78, 5) is 21.4. The highest BCUT2D eigenvalue weighted by Gasteiger charge is 2.25. The molecule has 0 N–H and O–H groups in total. The third kappa shape index (κ3) is 2.78. The van der Waals surface area contributed by atoms with Crippen LogP contribution in [-0.4, -0.2) is 25.5 Å². The van der Waals surface area contributed by atoms with Crippen LogP contribution < -0.4 is 0 Å². The molecule has 4 rings (SSSR count). The van der Waals surface area contributed by atoms with Crippen molar-refractivity contribution in [3.63, 3.8) is 0 Å². The number of rotatable bonds is 4. The first kappa shape index (κ1) is 15.5. The van der Waals surface area contributed by atoms with E-state index in [1.165, 1.54) is 12.8 Å². The zero-order valence-corrected chi connectivity index (χ0v) is 13.7. The number of fused-ring (bicyclic) bond motifs is 1. The lowest BCUT2D eigenvalue weighted by Gasteiger charge is -2.11. The predicted molar refractivity (Wildman–Crippen MR) is 92.0 cm³/mol. The Labute approximate surface area is 145 Å². The van der Waals surface area contributed by atoms with Gasteiger partial charge in [0.15, 0.2) is 17.3 Å². The van der Waals surface area contributed by atoms with Crippen LogP contribution in [0.3, 0.4) is 0 Å². The van der Waals surface area contributed by atoms with Crippen molar-refractivity contribution >= 4 is 16.8 Å². The summed E-state index contributed by atoms with van der Waals surface area (Å²) in [5, 5.41) is 14.7. The number of nitrogens with zero attached hydrogens (tertiary/aromatic N) is 5. The van der Waals surface area contributed by atoms with Crippen molar-refractivity contribution in [3.05, 3.63) is 54.1 Å². The molecular formula is C19H17N5O. The molecule has 3 aromatic heterocycles. The summed E-state index contributed by atoms with van der Waals surface area (Å²) in [6, 6.07) is 9.44. The molecule has 0 spiro atoms. The van der Waals surface area contributed by atoms with Crippen LogP contribution in [0.4, 0.5) is 0 Å². The van der Waals surface area contributed by atoms with Gasteiger partial charge in [-0.15, -0.1) is 0 Å². The van der Waals surface area contributed by atoms with Gasteiger partial charge in [-0.2, -0.15) is 10.4 Å². The molecule has 0 bridgehead atoms. The third-order valence-corrected chi connectivity index (χ3v) is 4.76. The zero-order valence-electron chi connectivity index (χ0n) is 13.7. The molecule has 1 fully saturated rings. The van der Waals surface area contributed by atoms with Gasteiger partial charge in [0.25, 0.3) is 0 Å². The third-order valence-electron chi connectivity index (χ3n) is 4.76. The fraction of sp³-hybridized carbons (Fsp3) is 0.316. The molecule has 6 heteroatoms. The second-order valence-corrected chi connectivity index (χ2v) is 6.35. The Bertz CT molecular complexity index is 951. The Morgan fingerprint density at radius 2 is 2.08 bits per heavy atom. The number of carbonyl (C=O) groups excluding carboxylic acids is 1. The minimum Gasteiger partial charge on any atom is -0.292 e. The van der Waals surface area contributed by atoms with Crippen molar-refractivity contribution in [1.29, 1.82) is 5.26 Å². The molecule has 1 aliphatic rings. The van der Waals surface area contributed by atoms with Crippen LogP contribution in [0.25, 0.3) is 11.0 Å². The zero-order chi connectivity index (χ0) is 17.2. The molecule has 0 aliphatic heterocycles. The average molecular weight is 331 g/mol. The summed E-state index contributed by atoms with van der Waals surface area (Å²) in [5.41, 5.74) is 1.67. The normalized spacial score (nSPS) is 16.0. The number of hydrogen-bond donors (Lipinski definition) is 0. The van der Waals surface area contributed by atoms with Crippen molar-refractivity contribution in [2.45, 2.75) is 37.6 Å². The van der Waals surface area contributed by atoms with E-state index >= 15 is 0 Å². The van der Waals surface area contributed by atoms with E-state index in [9.17, 15) is 10.1 Å². The number of pyridine rings is 2. The van der Waals surface area contributed by atoms with Crippen molar-refractivity contribution in [3.8, 4) is 6.07 Å². The van der Waals surface area contributed by atoms with E-state index in [0.717, 1.165) is 23.9 Å². The molecule has 0 amide bonds. The molecule has 1 saturated carbocycles. The maximum atomic E-state index is 12.8. The maximum absolute atomic E-state index is 12.8. The van der Waals surface area contributed by atoms with E-state index in [0.29, 0.717) is 17.3 Å². The standard InChI is InChI=1S/C19H17N5O/c20-10-16(17-7-3-4-8-21-17)18(25)13-9-14-12-23-24(19(14)22-11-13)15-5-1-2-6-15/h3-4,7-9,11-12,15-16H,1-2,5-6H2/t16-/m1/s1. The number of carbonyl (C=O) groups is 1. The van der Waals surface area contributed by atoms with Gasteiger partial charge in [0, 0.05) is 23.3 Å². The molecule has 0 radical (unpaired) electrons. The topological polar surface area (TPSA) is 84.5 Å². The van der Waals surface area contributed by atoms with E-state index in [-0.39, 0.29) is 5.78 Å². The van der Waals surface area contributed by atoms with Crippen molar-refractivity contribution in [2.75, 3.05) is 0 Å². The average Bonchev–Trinajstić information content (AvgIpc) is 3.32. The Morgan fingerprint density at radius 1 is 1.24 bits per heavy atom. The molecule has 3 aromatic rings. The molecule has 124 valence electrons. The molecule has 1 atom stereocenters. The lowest BCUT2D eigenvalue weighted by atomic mass is 9.96. The SMILES string of the molecule is N#C[C@@H](C(=O)c1cnc2c(cnn2C2CCCC2)c1)c1ccccn1. The lowest BCUT2D eigenvalue weighted by molar-refractivity contribution is 0.0977. The first-order chi connectivity index (χ1) is 12.3. The Balaban J connectivity index is 1.67. The summed E-state index contributed by atoms with van der Waals surface area (Å²) < 4.78 is 1.97. The van der Waals surface area contributed by atoms with Crippen molar-refractivity contribution in [2.24, 2.45) is 0 Å². The van der Waals surface area contributed by atoms with E-state index in [2.05, 4.69) is 21.1 Å². The summed E-state index contributed by atoms with van der Waals surface area (Å²) in [6.45, 7) is 0. The fourth-order valence-electron chi connectivity index (χ4n) is 3.46. The number of nitriles is 1. The molecule has 0 unspecified atom stereocenters. The monoisotopic (exact) mass is 331 g/mol. The van der Waals surface area contributed by atoms with Gasteiger partial charge >= 0.3 is 0 Å². The molecule has 0 aromatic carbocycles. The van der Waals surface area contributed by atoms with E-state index in [1.54, 1.807) is 42.9 Å². The highest BCUT2D eigenvalue weighted by Crippen LogP contribution is 2.31. The smallest absolute Gasteiger partial charge is 0.187 e. The molecular weight excluding hydrogens is 314 g/mol. The minimum atomic E-state index is -0.926. The van der Waals surface area contributed by atoms with Gasteiger partial charge < -0.3 is 0 Å². The Kier molecular flexibility index (Phi) is 3.98. The second-order valence-electron chi connectivity index (χ2n) is 6.35. The summed E-state index contributed by atoms with van der Waals surface area (Å²) in [7, 11) is 0. The quantitative estimate of drug-likeness (QED) is 0.684. The van der Waals surface area contributed by atoms with Crippen molar-refractivity contribution < 1.29 is 4.79 Å².